The summed E-state index contributed by atoms with van der Waals surface area (Å²) in [5, 5.41) is 8.85. The summed E-state index contributed by atoms with van der Waals surface area (Å²) in [5.41, 5.74) is 0. The van der Waals surface area contributed by atoms with Crippen LogP contribution in [-0.2, 0) is 15.0 Å². The third-order valence-electron chi connectivity index (χ3n) is 2.85. The van der Waals surface area contributed by atoms with Crippen LogP contribution in [0.5, 0.6) is 0 Å². The molecule has 1 atom stereocenters. The van der Waals surface area contributed by atoms with Gasteiger partial charge in [-0.15, -0.1) is 0 Å². The molecule has 0 amide bonds. The highest BCUT2D eigenvalue weighted by Gasteiger charge is 2.35. The summed E-state index contributed by atoms with van der Waals surface area (Å²) in [6.45, 7) is -0.887. The average molecular weight is 286 g/mol. The number of rotatable bonds is 5. The lowest BCUT2D eigenvalue weighted by molar-refractivity contribution is -0.142. The Bertz CT molecular complexity index is 401. The van der Waals surface area contributed by atoms with Crippen LogP contribution in [0.2, 0.25) is 0 Å². The maximum absolute atomic E-state index is 12.2. The molecule has 1 rings (SSSR count). The van der Waals surface area contributed by atoms with E-state index in [-0.39, 0.29) is 13.1 Å². The number of carboxylic acids is 1. The Morgan fingerprint density at radius 3 is 2.67 bits per heavy atom. The molecule has 0 bridgehead atoms. The van der Waals surface area contributed by atoms with Crippen LogP contribution in [-0.4, -0.2) is 61.2 Å². The van der Waals surface area contributed by atoms with Crippen molar-refractivity contribution in [2.24, 2.45) is 5.92 Å². The van der Waals surface area contributed by atoms with Gasteiger partial charge in [0.25, 0.3) is 16.6 Å². The van der Waals surface area contributed by atoms with E-state index in [1.54, 1.807) is 0 Å². The maximum atomic E-state index is 12.2. The number of hydrogen-bond donors (Lipinski definition) is 1. The fourth-order valence-corrected chi connectivity index (χ4v) is 3.26. The van der Waals surface area contributed by atoms with E-state index < -0.39 is 35.1 Å². The topological polar surface area (TPSA) is 77.9 Å². The van der Waals surface area contributed by atoms with Crippen LogP contribution in [0.1, 0.15) is 12.8 Å². The molecule has 0 saturated carbocycles. The molecule has 0 aromatic carbocycles. The SMILES string of the molecule is CN(CC(F)F)S(=O)(=O)N1CCCC(C(=O)O)C1. The molecule has 106 valence electrons. The van der Waals surface area contributed by atoms with E-state index in [1.165, 1.54) is 0 Å². The van der Waals surface area contributed by atoms with Crippen LogP contribution in [0.3, 0.4) is 0 Å². The second-order valence-corrected chi connectivity index (χ2v) is 6.25. The lowest BCUT2D eigenvalue weighted by Gasteiger charge is -2.32. The number of halogens is 2. The van der Waals surface area contributed by atoms with Crippen LogP contribution in [0.4, 0.5) is 8.78 Å². The number of aliphatic carboxylic acids is 1. The first-order valence-corrected chi connectivity index (χ1v) is 6.87. The molecule has 1 aliphatic heterocycles. The number of piperidine rings is 1. The Morgan fingerprint density at radius 1 is 1.56 bits per heavy atom. The van der Waals surface area contributed by atoms with E-state index in [0.29, 0.717) is 17.1 Å². The van der Waals surface area contributed by atoms with Gasteiger partial charge >= 0.3 is 5.97 Å². The summed E-state index contributed by atoms with van der Waals surface area (Å²) >= 11 is 0. The van der Waals surface area contributed by atoms with Crippen LogP contribution in [0.25, 0.3) is 0 Å². The van der Waals surface area contributed by atoms with E-state index in [9.17, 15) is 22.0 Å². The number of alkyl halides is 2. The predicted octanol–water partition coefficient (Wildman–Crippen LogP) is 0.225. The van der Waals surface area contributed by atoms with Gasteiger partial charge in [0.15, 0.2) is 0 Å². The van der Waals surface area contributed by atoms with Crippen molar-refractivity contribution in [1.82, 2.24) is 8.61 Å². The number of carboxylic acid groups (broad SMARTS) is 1. The van der Waals surface area contributed by atoms with Gasteiger partial charge in [0.2, 0.25) is 0 Å². The summed E-state index contributed by atoms with van der Waals surface area (Å²) in [7, 11) is -2.94. The van der Waals surface area contributed by atoms with Gasteiger partial charge in [-0.2, -0.15) is 17.0 Å². The molecule has 0 aliphatic carbocycles. The lowest BCUT2D eigenvalue weighted by atomic mass is 10.0. The minimum absolute atomic E-state index is 0.161. The Morgan fingerprint density at radius 2 is 2.17 bits per heavy atom. The van der Waals surface area contributed by atoms with E-state index >= 15 is 0 Å². The third-order valence-corrected chi connectivity index (χ3v) is 4.77. The minimum Gasteiger partial charge on any atom is -0.481 e. The molecule has 0 aromatic heterocycles. The molecule has 0 aromatic rings. The molecule has 1 N–H and O–H groups in total. The Kier molecular flexibility index (Phi) is 5.00. The molecule has 1 aliphatic rings. The summed E-state index contributed by atoms with van der Waals surface area (Å²) in [6.07, 6.45) is -1.94. The molecule has 6 nitrogen and oxygen atoms in total. The molecule has 1 unspecified atom stereocenters. The zero-order chi connectivity index (χ0) is 13.9. The van der Waals surface area contributed by atoms with Gasteiger partial charge in [-0.3, -0.25) is 4.79 Å². The van der Waals surface area contributed by atoms with E-state index in [2.05, 4.69) is 0 Å². The highest BCUT2D eigenvalue weighted by molar-refractivity contribution is 7.86. The highest BCUT2D eigenvalue weighted by atomic mass is 32.2. The first-order valence-electron chi connectivity index (χ1n) is 5.47. The van der Waals surface area contributed by atoms with Gasteiger partial charge < -0.3 is 5.11 Å². The molecule has 18 heavy (non-hydrogen) atoms. The van der Waals surface area contributed by atoms with Gasteiger partial charge in [0, 0.05) is 20.1 Å². The van der Waals surface area contributed by atoms with Crippen LogP contribution >= 0.6 is 0 Å². The number of nitrogens with zero attached hydrogens (tertiary/aromatic N) is 2. The van der Waals surface area contributed by atoms with Crippen LogP contribution in [0, 0.1) is 5.92 Å². The van der Waals surface area contributed by atoms with Crippen molar-refractivity contribution in [3.63, 3.8) is 0 Å². The van der Waals surface area contributed by atoms with Gasteiger partial charge in [-0.1, -0.05) is 0 Å². The maximum Gasteiger partial charge on any atom is 0.307 e. The van der Waals surface area contributed by atoms with Crippen molar-refractivity contribution in [3.8, 4) is 0 Å². The lowest BCUT2D eigenvalue weighted by Crippen LogP contribution is -2.48. The molecular weight excluding hydrogens is 270 g/mol. The predicted molar refractivity (Wildman–Crippen MR) is 59.5 cm³/mol. The Balaban J connectivity index is 2.75. The molecule has 9 heteroatoms. The molecule has 1 fully saturated rings. The summed E-state index contributed by atoms with van der Waals surface area (Å²) in [6, 6.07) is 0. The van der Waals surface area contributed by atoms with Gasteiger partial charge in [0.1, 0.15) is 0 Å². The zero-order valence-corrected chi connectivity index (χ0v) is 10.7. The fraction of sp³-hybridized carbons (Fsp3) is 0.889. The number of hydrogen-bond acceptors (Lipinski definition) is 3. The Hall–Kier alpha value is -0.800. The van der Waals surface area contributed by atoms with E-state index in [1.807, 2.05) is 0 Å². The second kappa shape index (κ2) is 5.89. The fourth-order valence-electron chi connectivity index (χ4n) is 1.84. The first kappa shape index (κ1) is 15.3. The van der Waals surface area contributed by atoms with Crippen LogP contribution in [0.15, 0.2) is 0 Å². The minimum atomic E-state index is -4.00. The standard InChI is InChI=1S/C9H16F2N2O4S/c1-12(6-8(10)11)18(16,17)13-4-2-3-7(5-13)9(14)15/h7-8H,2-6H2,1H3,(H,14,15). The van der Waals surface area contributed by atoms with Crippen molar-refractivity contribution in [2.45, 2.75) is 19.3 Å². The largest absolute Gasteiger partial charge is 0.481 e. The number of carbonyl (C=O) groups is 1. The van der Waals surface area contributed by atoms with E-state index in [0.717, 1.165) is 11.4 Å². The van der Waals surface area contributed by atoms with Gasteiger partial charge in [0.05, 0.1) is 12.5 Å². The van der Waals surface area contributed by atoms with Crippen molar-refractivity contribution < 1.29 is 27.1 Å². The molecule has 1 saturated heterocycles. The summed E-state index contributed by atoms with van der Waals surface area (Å²) in [5.74, 6) is -1.83. The van der Waals surface area contributed by atoms with Crippen LogP contribution < -0.4 is 0 Å². The molecule has 0 radical (unpaired) electrons. The van der Waals surface area contributed by atoms with Gasteiger partial charge in [-0.05, 0) is 12.8 Å². The highest BCUT2D eigenvalue weighted by Crippen LogP contribution is 2.21. The monoisotopic (exact) mass is 286 g/mol. The summed E-state index contributed by atoms with van der Waals surface area (Å²) in [4.78, 5) is 10.8. The van der Waals surface area contributed by atoms with Crippen molar-refractivity contribution in [3.05, 3.63) is 0 Å². The molecule has 1 heterocycles. The molecule has 0 spiro atoms. The second-order valence-electron chi connectivity index (χ2n) is 4.21. The first-order chi connectivity index (χ1) is 8.25. The average Bonchev–Trinajstić information content (AvgIpc) is 2.28. The molecular formula is C9H16F2N2O4S. The van der Waals surface area contributed by atoms with E-state index in [4.69, 9.17) is 5.11 Å². The smallest absolute Gasteiger partial charge is 0.307 e. The summed E-state index contributed by atoms with van der Waals surface area (Å²) < 4.78 is 49.7. The normalized spacial score (nSPS) is 22.6. The van der Waals surface area contributed by atoms with Crippen molar-refractivity contribution in [2.75, 3.05) is 26.7 Å². The van der Waals surface area contributed by atoms with Crippen molar-refractivity contribution in [1.29, 1.82) is 0 Å². The quantitative estimate of drug-likeness (QED) is 0.784. The Labute approximate surface area is 104 Å². The van der Waals surface area contributed by atoms with Gasteiger partial charge in [-0.25, -0.2) is 8.78 Å². The van der Waals surface area contributed by atoms with Crippen molar-refractivity contribution >= 4 is 16.2 Å². The zero-order valence-electron chi connectivity index (χ0n) is 9.92. The third kappa shape index (κ3) is 3.59.